The molecule has 0 aromatic carbocycles. The Kier molecular flexibility index (Phi) is 3.90. The number of aromatic nitrogens is 3. The minimum atomic E-state index is -4.27. The number of alkyl halides is 2. The number of aromatic amines is 1. The van der Waals surface area contributed by atoms with Crippen molar-refractivity contribution in [2.75, 3.05) is 11.9 Å². The summed E-state index contributed by atoms with van der Waals surface area (Å²) in [5.74, 6) is -4.96. The molecule has 0 bridgehead atoms. The molecular formula is C13H17F2N4O3P. The largest absolute Gasteiger partial charge is 0.380 e. The lowest BCUT2D eigenvalue weighted by Crippen LogP contribution is -2.28. The van der Waals surface area contributed by atoms with E-state index in [1.165, 1.54) is 12.4 Å². The fourth-order valence-electron chi connectivity index (χ4n) is 3.35. The Morgan fingerprint density at radius 1 is 1.43 bits per heavy atom. The van der Waals surface area contributed by atoms with Gasteiger partial charge in [0.25, 0.3) is 5.92 Å². The maximum Gasteiger partial charge on any atom is 0.325 e. The van der Waals surface area contributed by atoms with Crippen molar-refractivity contribution in [1.29, 1.82) is 0 Å². The van der Waals surface area contributed by atoms with Crippen LogP contribution in [0.25, 0.3) is 10.9 Å². The van der Waals surface area contributed by atoms with Crippen LogP contribution in [0.3, 0.4) is 0 Å². The molecule has 0 saturated heterocycles. The first-order valence-electron chi connectivity index (χ1n) is 7.20. The number of rotatable bonds is 4. The van der Waals surface area contributed by atoms with E-state index < -0.39 is 31.5 Å². The molecule has 1 saturated carbocycles. The molecule has 7 nitrogen and oxygen atoms in total. The third-order valence-corrected chi connectivity index (χ3v) is 5.36. The third kappa shape index (κ3) is 2.96. The van der Waals surface area contributed by atoms with Crippen molar-refractivity contribution in [3.8, 4) is 0 Å². The Morgan fingerprint density at radius 3 is 2.87 bits per heavy atom. The summed E-state index contributed by atoms with van der Waals surface area (Å²) in [4.78, 5) is 20.7. The molecule has 2 heterocycles. The van der Waals surface area contributed by atoms with Gasteiger partial charge in [-0.1, -0.05) is 0 Å². The van der Waals surface area contributed by atoms with Crippen LogP contribution in [0.5, 0.6) is 0 Å². The van der Waals surface area contributed by atoms with E-state index in [0.29, 0.717) is 16.5 Å². The van der Waals surface area contributed by atoms with Gasteiger partial charge >= 0.3 is 7.60 Å². The molecule has 2 atom stereocenters. The molecule has 0 amide bonds. The molecule has 0 aliphatic heterocycles. The standard InChI is InChI=1S/C13H17F2N4O3P/c14-13(15)7(3-4-23(20,21)22)1-2-10(13)8-5-17-11-9(8)6-18-19-12(11)16/h5-7,10,17H,1-4H2,(H2,16,19)(H2,20,21,22)/t7-,10+/m0/s1. The molecule has 23 heavy (non-hydrogen) atoms. The summed E-state index contributed by atoms with van der Waals surface area (Å²) in [5.41, 5.74) is 6.58. The van der Waals surface area contributed by atoms with Crippen LogP contribution in [0.15, 0.2) is 12.4 Å². The Bertz CT molecular complexity index is 776. The number of H-pyrrole nitrogens is 1. The highest BCUT2D eigenvalue weighted by Gasteiger charge is 2.53. The van der Waals surface area contributed by atoms with Crippen LogP contribution in [0.1, 0.15) is 30.7 Å². The first-order valence-corrected chi connectivity index (χ1v) is 9.00. The number of hydrogen-bond donors (Lipinski definition) is 4. The smallest absolute Gasteiger partial charge is 0.325 e. The lowest BCUT2D eigenvalue weighted by atomic mass is 9.91. The highest BCUT2D eigenvalue weighted by molar-refractivity contribution is 7.51. The van der Waals surface area contributed by atoms with Gasteiger partial charge in [-0.05, 0) is 24.8 Å². The number of nitrogens with one attached hydrogen (secondary N) is 1. The van der Waals surface area contributed by atoms with Gasteiger partial charge in [0.1, 0.15) is 0 Å². The first kappa shape index (κ1) is 16.3. The average Bonchev–Trinajstić information content (AvgIpc) is 2.97. The SMILES string of the molecule is Nc1nncc2c([C@H]3CC[C@@H](CCP(=O)(O)O)C3(F)F)c[nH]c12. The van der Waals surface area contributed by atoms with Gasteiger partial charge in [0, 0.05) is 17.5 Å². The third-order valence-electron chi connectivity index (χ3n) is 4.52. The summed E-state index contributed by atoms with van der Waals surface area (Å²) >= 11 is 0. The normalized spacial score (nSPS) is 24.3. The van der Waals surface area contributed by atoms with Crippen LogP contribution < -0.4 is 5.73 Å². The molecule has 126 valence electrons. The zero-order valence-corrected chi connectivity index (χ0v) is 13.0. The molecule has 1 fully saturated rings. The molecule has 2 aromatic heterocycles. The van der Waals surface area contributed by atoms with Crippen molar-refractivity contribution >= 4 is 24.3 Å². The molecule has 3 rings (SSSR count). The van der Waals surface area contributed by atoms with Gasteiger partial charge in [-0.2, -0.15) is 5.10 Å². The van der Waals surface area contributed by atoms with Crippen LogP contribution in [0.4, 0.5) is 14.6 Å². The molecule has 0 unspecified atom stereocenters. The highest BCUT2D eigenvalue weighted by Crippen LogP contribution is 2.54. The maximum absolute atomic E-state index is 14.7. The van der Waals surface area contributed by atoms with Gasteiger partial charge in [0.05, 0.1) is 23.8 Å². The van der Waals surface area contributed by atoms with Crippen LogP contribution in [-0.4, -0.2) is 37.1 Å². The Morgan fingerprint density at radius 2 is 2.17 bits per heavy atom. The summed E-state index contributed by atoms with van der Waals surface area (Å²) in [5, 5.41) is 7.90. The van der Waals surface area contributed by atoms with Crippen LogP contribution in [-0.2, 0) is 4.57 Å². The number of halogens is 2. The van der Waals surface area contributed by atoms with Crippen molar-refractivity contribution in [3.63, 3.8) is 0 Å². The van der Waals surface area contributed by atoms with E-state index in [0.717, 1.165) is 0 Å². The highest BCUT2D eigenvalue weighted by atomic mass is 31.2. The van der Waals surface area contributed by atoms with Gasteiger partial charge < -0.3 is 20.5 Å². The van der Waals surface area contributed by atoms with Crippen molar-refractivity contribution in [3.05, 3.63) is 18.0 Å². The van der Waals surface area contributed by atoms with Gasteiger partial charge in [-0.3, -0.25) is 4.57 Å². The molecule has 2 aromatic rings. The van der Waals surface area contributed by atoms with Crippen LogP contribution >= 0.6 is 7.60 Å². The molecular weight excluding hydrogens is 329 g/mol. The zero-order chi connectivity index (χ0) is 16.8. The summed E-state index contributed by atoms with van der Waals surface area (Å²) in [7, 11) is -4.27. The van der Waals surface area contributed by atoms with Crippen molar-refractivity contribution < 1.29 is 23.1 Å². The van der Waals surface area contributed by atoms with Crippen molar-refractivity contribution in [2.45, 2.75) is 31.1 Å². The van der Waals surface area contributed by atoms with Crippen molar-refractivity contribution in [2.24, 2.45) is 5.92 Å². The number of nitrogen functional groups attached to an aromatic ring is 1. The predicted octanol–water partition coefficient (Wildman–Crippen LogP) is 2.24. The Hall–Kier alpha value is -1.57. The minimum absolute atomic E-state index is 0.146. The molecule has 10 heteroatoms. The quantitative estimate of drug-likeness (QED) is 0.629. The number of nitrogens with zero attached hydrogens (tertiary/aromatic N) is 2. The van der Waals surface area contributed by atoms with Crippen LogP contribution in [0.2, 0.25) is 0 Å². The molecule has 5 N–H and O–H groups in total. The van der Waals surface area contributed by atoms with Gasteiger partial charge in [-0.25, -0.2) is 8.78 Å². The fraction of sp³-hybridized carbons (Fsp3) is 0.538. The van der Waals surface area contributed by atoms with Gasteiger partial charge in [-0.15, -0.1) is 5.10 Å². The summed E-state index contributed by atoms with van der Waals surface area (Å²) in [6, 6.07) is 0. The van der Waals surface area contributed by atoms with E-state index in [1.807, 2.05) is 0 Å². The van der Waals surface area contributed by atoms with Crippen LogP contribution in [0, 0.1) is 5.92 Å². The van der Waals surface area contributed by atoms with Gasteiger partial charge in [0.2, 0.25) is 0 Å². The Labute approximate surface area is 130 Å². The van der Waals surface area contributed by atoms with E-state index in [1.54, 1.807) is 0 Å². The number of anilines is 1. The predicted molar refractivity (Wildman–Crippen MR) is 80.2 cm³/mol. The maximum atomic E-state index is 14.7. The minimum Gasteiger partial charge on any atom is -0.380 e. The van der Waals surface area contributed by atoms with E-state index in [4.69, 9.17) is 15.5 Å². The number of nitrogens with two attached hydrogens (primary N) is 1. The van der Waals surface area contributed by atoms with Gasteiger partial charge in [0.15, 0.2) is 5.82 Å². The summed E-state index contributed by atoms with van der Waals surface area (Å²) in [6.45, 7) is 0. The first-order chi connectivity index (χ1) is 10.7. The number of fused-ring (bicyclic) bond motifs is 1. The summed E-state index contributed by atoms with van der Waals surface area (Å²) in [6.07, 6.45) is 2.64. The molecule has 0 radical (unpaired) electrons. The topological polar surface area (TPSA) is 125 Å². The molecule has 1 aliphatic rings. The van der Waals surface area contributed by atoms with E-state index >= 15 is 0 Å². The summed E-state index contributed by atoms with van der Waals surface area (Å²) < 4.78 is 40.3. The second-order valence-electron chi connectivity index (χ2n) is 5.94. The lowest BCUT2D eigenvalue weighted by Gasteiger charge is -2.24. The van der Waals surface area contributed by atoms with E-state index in [-0.39, 0.29) is 25.1 Å². The second kappa shape index (κ2) is 5.51. The zero-order valence-electron chi connectivity index (χ0n) is 12.1. The fourth-order valence-corrected chi connectivity index (χ4v) is 4.00. The monoisotopic (exact) mass is 346 g/mol. The number of hydrogen-bond acceptors (Lipinski definition) is 4. The van der Waals surface area contributed by atoms with E-state index in [9.17, 15) is 13.3 Å². The second-order valence-corrected chi connectivity index (χ2v) is 7.72. The Balaban J connectivity index is 1.88. The van der Waals surface area contributed by atoms with Crippen molar-refractivity contribution in [1.82, 2.24) is 15.2 Å². The molecule has 1 aliphatic carbocycles. The molecule has 0 spiro atoms. The average molecular weight is 346 g/mol. The lowest BCUT2D eigenvalue weighted by molar-refractivity contribution is -0.0528. The van der Waals surface area contributed by atoms with E-state index in [2.05, 4.69) is 15.2 Å².